The maximum atomic E-state index is 12.7. The van der Waals surface area contributed by atoms with E-state index in [1.54, 1.807) is 18.9 Å². The smallest absolute Gasteiger partial charge is 0.248 e. The monoisotopic (exact) mass is 446 g/mol. The molecule has 1 fully saturated rings. The lowest BCUT2D eigenvalue weighted by molar-refractivity contribution is -0.134. The van der Waals surface area contributed by atoms with E-state index in [-0.39, 0.29) is 29.8 Å². The number of ether oxygens (including phenoxy) is 2. The Morgan fingerprint density at radius 1 is 1.23 bits per heavy atom. The van der Waals surface area contributed by atoms with E-state index in [4.69, 9.17) is 9.47 Å². The Morgan fingerprint density at radius 3 is 2.58 bits per heavy atom. The summed E-state index contributed by atoms with van der Waals surface area (Å²) in [6, 6.07) is 5.14. The summed E-state index contributed by atoms with van der Waals surface area (Å²) in [6.45, 7) is 10.1. The van der Waals surface area contributed by atoms with Gasteiger partial charge in [0, 0.05) is 36.3 Å². The summed E-state index contributed by atoms with van der Waals surface area (Å²) >= 11 is 1.15. The number of methoxy groups -OCH3 is 1. The molecule has 168 valence electrons. The third kappa shape index (κ3) is 5.33. The third-order valence-corrected chi connectivity index (χ3v) is 5.86. The first-order valence-corrected chi connectivity index (χ1v) is 11.3. The number of hydrogen-bond donors (Lipinski definition) is 1. The lowest BCUT2D eigenvalue weighted by Gasteiger charge is -2.23. The summed E-state index contributed by atoms with van der Waals surface area (Å²) in [5.41, 5.74) is 0.991. The fourth-order valence-corrected chi connectivity index (χ4v) is 4.21. The summed E-state index contributed by atoms with van der Waals surface area (Å²) < 4.78 is 15.5. The molecule has 2 heterocycles. The molecule has 1 aromatic carbocycles. The average molecular weight is 447 g/mol. The standard InChI is InChI=1S/C22H30N4O4S/c1-12(2)20-23-22(31-25-20)24-21(28)14(5)26-11-16(10-19(26)27)15-7-8-17(29-6)18(9-15)30-13(3)4/h7-9,12-14,16H,10-11H2,1-6H3,(H,23,24,25,28). The zero-order valence-electron chi connectivity index (χ0n) is 18.8. The largest absolute Gasteiger partial charge is 0.493 e. The highest BCUT2D eigenvalue weighted by Crippen LogP contribution is 2.36. The molecule has 2 amide bonds. The maximum absolute atomic E-state index is 12.7. The zero-order valence-corrected chi connectivity index (χ0v) is 19.7. The number of likely N-dealkylation sites (tertiary alicyclic amines) is 1. The van der Waals surface area contributed by atoms with Crippen molar-refractivity contribution in [2.45, 2.75) is 65.0 Å². The number of benzene rings is 1. The minimum Gasteiger partial charge on any atom is -0.493 e. The Labute approximate surface area is 187 Å². The van der Waals surface area contributed by atoms with E-state index in [9.17, 15) is 9.59 Å². The number of rotatable bonds is 8. The molecule has 9 heteroatoms. The van der Waals surface area contributed by atoms with Gasteiger partial charge in [0.05, 0.1) is 13.2 Å². The quantitative estimate of drug-likeness (QED) is 0.663. The summed E-state index contributed by atoms with van der Waals surface area (Å²) in [4.78, 5) is 31.4. The molecular formula is C22H30N4O4S. The predicted molar refractivity (Wildman–Crippen MR) is 120 cm³/mol. The molecule has 31 heavy (non-hydrogen) atoms. The van der Waals surface area contributed by atoms with Crippen LogP contribution in [0.4, 0.5) is 5.13 Å². The Kier molecular flexibility index (Phi) is 7.15. The number of nitrogens with one attached hydrogen (secondary N) is 1. The van der Waals surface area contributed by atoms with Gasteiger partial charge in [0.25, 0.3) is 0 Å². The third-order valence-electron chi connectivity index (χ3n) is 5.22. The van der Waals surface area contributed by atoms with Gasteiger partial charge >= 0.3 is 0 Å². The summed E-state index contributed by atoms with van der Waals surface area (Å²) in [5.74, 6) is 1.87. The van der Waals surface area contributed by atoms with E-state index in [1.165, 1.54) is 0 Å². The highest BCUT2D eigenvalue weighted by Gasteiger charge is 2.36. The van der Waals surface area contributed by atoms with Gasteiger partial charge in [-0.25, -0.2) is 4.98 Å². The molecule has 0 radical (unpaired) electrons. The first kappa shape index (κ1) is 23.0. The normalized spacial score (nSPS) is 17.4. The summed E-state index contributed by atoms with van der Waals surface area (Å²) in [6.07, 6.45) is 0.354. The van der Waals surface area contributed by atoms with Gasteiger partial charge in [0.2, 0.25) is 16.9 Å². The Morgan fingerprint density at radius 2 is 1.97 bits per heavy atom. The van der Waals surface area contributed by atoms with Gasteiger partial charge < -0.3 is 14.4 Å². The summed E-state index contributed by atoms with van der Waals surface area (Å²) in [5, 5.41) is 3.24. The number of nitrogens with zero attached hydrogens (tertiary/aromatic N) is 3. The van der Waals surface area contributed by atoms with Crippen molar-refractivity contribution in [2.75, 3.05) is 19.0 Å². The highest BCUT2D eigenvalue weighted by atomic mass is 32.1. The number of aromatic nitrogens is 2. The van der Waals surface area contributed by atoms with Gasteiger partial charge in [-0.3, -0.25) is 14.9 Å². The molecule has 2 unspecified atom stereocenters. The van der Waals surface area contributed by atoms with E-state index in [2.05, 4.69) is 14.7 Å². The number of carbonyl (C=O) groups is 2. The van der Waals surface area contributed by atoms with Gasteiger partial charge in [0.15, 0.2) is 11.5 Å². The van der Waals surface area contributed by atoms with Crippen LogP contribution in [0.2, 0.25) is 0 Å². The van der Waals surface area contributed by atoms with E-state index in [1.807, 2.05) is 45.9 Å². The van der Waals surface area contributed by atoms with Crippen molar-refractivity contribution < 1.29 is 19.1 Å². The first-order chi connectivity index (χ1) is 14.7. The molecule has 1 aliphatic rings. The van der Waals surface area contributed by atoms with Crippen molar-refractivity contribution in [3.05, 3.63) is 29.6 Å². The molecule has 1 N–H and O–H groups in total. The first-order valence-electron chi connectivity index (χ1n) is 10.5. The van der Waals surface area contributed by atoms with Crippen molar-refractivity contribution >= 4 is 28.5 Å². The lowest BCUT2D eigenvalue weighted by Crippen LogP contribution is -2.42. The zero-order chi connectivity index (χ0) is 22.7. The van der Waals surface area contributed by atoms with Crippen LogP contribution in [0.3, 0.4) is 0 Å². The van der Waals surface area contributed by atoms with Gasteiger partial charge in [-0.2, -0.15) is 4.37 Å². The van der Waals surface area contributed by atoms with Crippen LogP contribution in [0.5, 0.6) is 11.5 Å². The lowest BCUT2D eigenvalue weighted by atomic mass is 9.98. The van der Waals surface area contributed by atoms with Gasteiger partial charge in [0.1, 0.15) is 11.9 Å². The Balaban J connectivity index is 1.69. The number of hydrogen-bond acceptors (Lipinski definition) is 7. The molecule has 2 aromatic rings. The molecule has 1 saturated heterocycles. The molecule has 2 atom stereocenters. The van der Waals surface area contributed by atoms with Crippen molar-refractivity contribution in [1.29, 1.82) is 0 Å². The summed E-state index contributed by atoms with van der Waals surface area (Å²) in [7, 11) is 1.60. The van der Waals surface area contributed by atoms with Crippen LogP contribution in [0, 0.1) is 0 Å². The molecule has 0 bridgehead atoms. The highest BCUT2D eigenvalue weighted by molar-refractivity contribution is 7.09. The molecule has 1 aliphatic heterocycles. The fourth-order valence-electron chi connectivity index (χ4n) is 3.49. The van der Waals surface area contributed by atoms with Crippen LogP contribution >= 0.6 is 11.5 Å². The van der Waals surface area contributed by atoms with E-state index in [0.717, 1.165) is 17.1 Å². The second-order valence-electron chi connectivity index (χ2n) is 8.30. The Bertz CT molecular complexity index is 943. The Hall–Kier alpha value is -2.68. The van der Waals surface area contributed by atoms with Crippen molar-refractivity contribution in [1.82, 2.24) is 14.3 Å². The van der Waals surface area contributed by atoms with Crippen LogP contribution < -0.4 is 14.8 Å². The van der Waals surface area contributed by atoms with Crippen LogP contribution in [-0.4, -0.2) is 51.9 Å². The molecule has 8 nitrogen and oxygen atoms in total. The topological polar surface area (TPSA) is 93.7 Å². The number of amides is 2. The molecule has 0 spiro atoms. The average Bonchev–Trinajstić information content (AvgIpc) is 3.33. The predicted octanol–water partition coefficient (Wildman–Crippen LogP) is 3.80. The fraction of sp³-hybridized carbons (Fsp3) is 0.545. The molecular weight excluding hydrogens is 416 g/mol. The number of carbonyl (C=O) groups excluding carboxylic acids is 2. The van der Waals surface area contributed by atoms with E-state index < -0.39 is 6.04 Å². The molecule has 0 saturated carbocycles. The van der Waals surface area contributed by atoms with Crippen LogP contribution in [0.1, 0.15) is 64.3 Å². The molecule has 3 rings (SSSR count). The van der Waals surface area contributed by atoms with Gasteiger partial charge in [-0.15, -0.1) is 0 Å². The SMILES string of the molecule is COc1ccc(C2CC(=O)N(C(C)C(=O)Nc3nc(C(C)C)ns3)C2)cc1OC(C)C. The second kappa shape index (κ2) is 9.64. The molecule has 0 aliphatic carbocycles. The second-order valence-corrected chi connectivity index (χ2v) is 9.05. The minimum atomic E-state index is -0.603. The number of anilines is 1. The van der Waals surface area contributed by atoms with Crippen molar-refractivity contribution in [2.24, 2.45) is 0 Å². The van der Waals surface area contributed by atoms with E-state index >= 15 is 0 Å². The van der Waals surface area contributed by atoms with Gasteiger partial charge in [-0.1, -0.05) is 19.9 Å². The maximum Gasteiger partial charge on any atom is 0.248 e. The van der Waals surface area contributed by atoms with E-state index in [0.29, 0.717) is 35.4 Å². The molecule has 1 aromatic heterocycles. The van der Waals surface area contributed by atoms with Crippen molar-refractivity contribution in [3.63, 3.8) is 0 Å². The van der Waals surface area contributed by atoms with Crippen LogP contribution in [-0.2, 0) is 9.59 Å². The van der Waals surface area contributed by atoms with Crippen molar-refractivity contribution in [3.8, 4) is 11.5 Å². The van der Waals surface area contributed by atoms with Crippen LogP contribution in [0.25, 0.3) is 0 Å². The minimum absolute atomic E-state index is 0.00568. The van der Waals surface area contributed by atoms with Gasteiger partial charge in [-0.05, 0) is 38.5 Å². The van der Waals surface area contributed by atoms with Crippen LogP contribution in [0.15, 0.2) is 18.2 Å².